The summed E-state index contributed by atoms with van der Waals surface area (Å²) in [6.45, 7) is 3.51. The summed E-state index contributed by atoms with van der Waals surface area (Å²) < 4.78 is 5.09. The number of carbonyl (C=O) groups excluding carboxylic acids is 1. The van der Waals surface area contributed by atoms with Crippen LogP contribution in [-0.4, -0.2) is 33.7 Å². The molecule has 0 aliphatic rings. The molecule has 0 unspecified atom stereocenters. The highest BCUT2D eigenvalue weighted by molar-refractivity contribution is 5.97. The van der Waals surface area contributed by atoms with E-state index in [1.165, 1.54) is 4.90 Å². The summed E-state index contributed by atoms with van der Waals surface area (Å²) >= 11 is 0. The smallest absolute Gasteiger partial charge is 0.323 e. The summed E-state index contributed by atoms with van der Waals surface area (Å²) in [6.07, 6.45) is 0.378. The summed E-state index contributed by atoms with van der Waals surface area (Å²) in [7, 11) is 0. The number of hydrogen-bond acceptors (Lipinski definition) is 5. The van der Waals surface area contributed by atoms with Gasteiger partial charge in [0.15, 0.2) is 5.82 Å². The van der Waals surface area contributed by atoms with Crippen LogP contribution in [0.25, 0.3) is 0 Å². The van der Waals surface area contributed by atoms with E-state index in [-0.39, 0.29) is 31.2 Å². The first-order chi connectivity index (χ1) is 11.0. The van der Waals surface area contributed by atoms with E-state index in [0.29, 0.717) is 17.4 Å². The van der Waals surface area contributed by atoms with E-state index in [9.17, 15) is 9.59 Å². The molecule has 1 amide bonds. The predicted molar refractivity (Wildman–Crippen MR) is 83.1 cm³/mol. The number of carbonyl (C=O) groups is 2. The number of aromatic nitrogens is 2. The van der Waals surface area contributed by atoms with E-state index in [0.717, 1.165) is 0 Å². The van der Waals surface area contributed by atoms with Gasteiger partial charge < -0.3 is 14.5 Å². The third-order valence-corrected chi connectivity index (χ3v) is 3.22. The van der Waals surface area contributed by atoms with Crippen molar-refractivity contribution in [2.45, 2.75) is 32.6 Å². The standard InChI is InChI=1S/C16H19N3O4/c1-11(2)16-17-13(23-18-16)8-9-14(20)19(10-15(21)22)12-6-4-3-5-7-12/h3-7,11H,8-10H2,1-2H3,(H,21,22). The highest BCUT2D eigenvalue weighted by Gasteiger charge is 2.20. The first kappa shape index (κ1) is 16.7. The molecule has 7 heteroatoms. The number of carboxylic acid groups (broad SMARTS) is 1. The molecule has 0 spiro atoms. The van der Waals surface area contributed by atoms with Crippen LogP contribution in [0, 0.1) is 0 Å². The van der Waals surface area contributed by atoms with Gasteiger partial charge in [0.05, 0.1) is 0 Å². The minimum absolute atomic E-state index is 0.0991. The van der Waals surface area contributed by atoms with Crippen molar-refractivity contribution in [2.75, 3.05) is 11.4 Å². The van der Waals surface area contributed by atoms with Crippen LogP contribution in [0.3, 0.4) is 0 Å². The van der Waals surface area contributed by atoms with Gasteiger partial charge in [0.1, 0.15) is 6.54 Å². The Hall–Kier alpha value is -2.70. The number of carboxylic acids is 1. The van der Waals surface area contributed by atoms with Crippen molar-refractivity contribution in [2.24, 2.45) is 0 Å². The van der Waals surface area contributed by atoms with Gasteiger partial charge in [-0.05, 0) is 12.1 Å². The maximum Gasteiger partial charge on any atom is 0.323 e. The Kier molecular flexibility index (Phi) is 5.46. The average Bonchev–Trinajstić information content (AvgIpc) is 3.00. The van der Waals surface area contributed by atoms with Crippen molar-refractivity contribution in [1.29, 1.82) is 0 Å². The van der Waals surface area contributed by atoms with Crippen molar-refractivity contribution in [3.05, 3.63) is 42.0 Å². The molecular formula is C16H19N3O4. The number of para-hydroxylation sites is 1. The van der Waals surface area contributed by atoms with Gasteiger partial charge in [0, 0.05) is 24.4 Å². The Morgan fingerprint density at radius 3 is 2.52 bits per heavy atom. The fourth-order valence-corrected chi connectivity index (χ4v) is 2.02. The first-order valence-corrected chi connectivity index (χ1v) is 7.37. The fraction of sp³-hybridized carbons (Fsp3) is 0.375. The number of amides is 1. The van der Waals surface area contributed by atoms with E-state index < -0.39 is 5.97 Å². The molecule has 0 bridgehead atoms. The molecule has 23 heavy (non-hydrogen) atoms. The quantitative estimate of drug-likeness (QED) is 0.841. The van der Waals surface area contributed by atoms with Gasteiger partial charge >= 0.3 is 5.97 Å². The highest BCUT2D eigenvalue weighted by atomic mass is 16.5. The molecule has 1 aromatic carbocycles. The summed E-state index contributed by atoms with van der Waals surface area (Å²) in [4.78, 5) is 28.8. The molecule has 0 aliphatic carbocycles. The molecule has 0 aliphatic heterocycles. The molecule has 0 saturated heterocycles. The molecule has 7 nitrogen and oxygen atoms in total. The monoisotopic (exact) mass is 317 g/mol. The lowest BCUT2D eigenvalue weighted by Gasteiger charge is -2.20. The van der Waals surface area contributed by atoms with Crippen LogP contribution in [-0.2, 0) is 16.0 Å². The summed E-state index contributed by atoms with van der Waals surface area (Å²) in [5.74, 6) is -0.246. The summed E-state index contributed by atoms with van der Waals surface area (Å²) in [5.41, 5.74) is 0.549. The van der Waals surface area contributed by atoms with Crippen LogP contribution >= 0.6 is 0 Å². The molecular weight excluding hydrogens is 298 g/mol. The Bertz CT molecular complexity index is 667. The minimum Gasteiger partial charge on any atom is -0.480 e. The lowest BCUT2D eigenvalue weighted by Crippen LogP contribution is -2.35. The van der Waals surface area contributed by atoms with Gasteiger partial charge in [-0.15, -0.1) is 0 Å². The number of nitrogens with zero attached hydrogens (tertiary/aromatic N) is 3. The van der Waals surface area contributed by atoms with E-state index >= 15 is 0 Å². The van der Waals surface area contributed by atoms with E-state index in [1.54, 1.807) is 30.3 Å². The highest BCUT2D eigenvalue weighted by Crippen LogP contribution is 2.16. The van der Waals surface area contributed by atoms with Crippen LogP contribution in [0.2, 0.25) is 0 Å². The van der Waals surface area contributed by atoms with Gasteiger partial charge in [-0.2, -0.15) is 4.98 Å². The maximum atomic E-state index is 12.4. The fourth-order valence-electron chi connectivity index (χ4n) is 2.02. The molecule has 122 valence electrons. The lowest BCUT2D eigenvalue weighted by atomic mass is 10.2. The van der Waals surface area contributed by atoms with Crippen LogP contribution in [0.1, 0.15) is 37.9 Å². The Balaban J connectivity index is 2.04. The lowest BCUT2D eigenvalue weighted by molar-refractivity contribution is -0.136. The van der Waals surface area contributed by atoms with Crippen molar-refractivity contribution < 1.29 is 19.2 Å². The van der Waals surface area contributed by atoms with Gasteiger partial charge in [-0.1, -0.05) is 37.2 Å². The zero-order valence-corrected chi connectivity index (χ0v) is 13.1. The summed E-state index contributed by atoms with van der Waals surface area (Å²) in [6, 6.07) is 8.71. The number of aryl methyl sites for hydroxylation is 1. The number of benzene rings is 1. The van der Waals surface area contributed by atoms with Gasteiger partial charge in [-0.3, -0.25) is 9.59 Å². The second kappa shape index (κ2) is 7.53. The molecule has 2 rings (SSSR count). The SMILES string of the molecule is CC(C)c1noc(CCC(=O)N(CC(=O)O)c2ccccc2)n1. The van der Waals surface area contributed by atoms with Gasteiger partial charge in [-0.25, -0.2) is 0 Å². The molecule has 0 fully saturated rings. The van der Waals surface area contributed by atoms with Crippen molar-refractivity contribution in [3.8, 4) is 0 Å². The number of aliphatic carboxylic acids is 1. The van der Waals surface area contributed by atoms with Crippen LogP contribution in [0.4, 0.5) is 5.69 Å². The second-order valence-electron chi connectivity index (χ2n) is 5.41. The van der Waals surface area contributed by atoms with Crippen molar-refractivity contribution in [3.63, 3.8) is 0 Å². The predicted octanol–water partition coefficient (Wildman–Crippen LogP) is 2.24. The number of rotatable bonds is 7. The molecule has 1 aromatic heterocycles. The van der Waals surface area contributed by atoms with Crippen LogP contribution in [0.5, 0.6) is 0 Å². The van der Waals surface area contributed by atoms with Crippen LogP contribution in [0.15, 0.2) is 34.9 Å². The van der Waals surface area contributed by atoms with E-state index in [1.807, 2.05) is 13.8 Å². The normalized spacial score (nSPS) is 10.7. The maximum absolute atomic E-state index is 12.4. The molecule has 2 aromatic rings. The molecule has 0 radical (unpaired) electrons. The Labute approximate surface area is 133 Å². The zero-order chi connectivity index (χ0) is 16.8. The Morgan fingerprint density at radius 1 is 1.26 bits per heavy atom. The van der Waals surface area contributed by atoms with E-state index in [4.69, 9.17) is 9.63 Å². The van der Waals surface area contributed by atoms with E-state index in [2.05, 4.69) is 10.1 Å². The molecule has 0 saturated carbocycles. The summed E-state index contributed by atoms with van der Waals surface area (Å²) in [5, 5.41) is 12.8. The van der Waals surface area contributed by atoms with Crippen LogP contribution < -0.4 is 4.90 Å². The van der Waals surface area contributed by atoms with Crippen molar-refractivity contribution in [1.82, 2.24) is 10.1 Å². The minimum atomic E-state index is -1.07. The number of anilines is 1. The van der Waals surface area contributed by atoms with Gasteiger partial charge in [0.2, 0.25) is 11.8 Å². The van der Waals surface area contributed by atoms with Gasteiger partial charge in [0.25, 0.3) is 0 Å². The third-order valence-electron chi connectivity index (χ3n) is 3.22. The topological polar surface area (TPSA) is 96.5 Å². The molecule has 1 N–H and O–H groups in total. The first-order valence-electron chi connectivity index (χ1n) is 7.37. The molecule has 0 atom stereocenters. The van der Waals surface area contributed by atoms with Crippen molar-refractivity contribution >= 4 is 17.6 Å². The zero-order valence-electron chi connectivity index (χ0n) is 13.1. The average molecular weight is 317 g/mol. The third kappa shape index (κ3) is 4.64. The number of hydrogen-bond donors (Lipinski definition) is 1. The largest absolute Gasteiger partial charge is 0.480 e. The molecule has 1 heterocycles. The Morgan fingerprint density at radius 2 is 1.96 bits per heavy atom. The second-order valence-corrected chi connectivity index (χ2v) is 5.41.